The average Bonchev–Trinajstić information content (AvgIpc) is 3.26. The first-order valence-corrected chi connectivity index (χ1v) is 8.58. The Labute approximate surface area is 149 Å². The van der Waals surface area contributed by atoms with Crippen molar-refractivity contribution in [2.45, 2.75) is 25.1 Å². The number of hydrogen-bond acceptors (Lipinski definition) is 5. The van der Waals surface area contributed by atoms with Crippen molar-refractivity contribution >= 4 is 16.9 Å². The Bertz CT molecular complexity index is 1070. The fourth-order valence-corrected chi connectivity index (χ4v) is 3.82. The molecule has 7 heteroatoms. The van der Waals surface area contributed by atoms with Gasteiger partial charge in [0.15, 0.2) is 5.82 Å². The van der Waals surface area contributed by atoms with Crippen molar-refractivity contribution in [3.8, 4) is 0 Å². The number of hydrogen-bond donors (Lipinski definition) is 3. The highest BCUT2D eigenvalue weighted by molar-refractivity contribution is 5.74. The molecule has 0 unspecified atom stereocenters. The van der Waals surface area contributed by atoms with Gasteiger partial charge in [-0.05, 0) is 24.6 Å². The lowest BCUT2D eigenvalue weighted by Crippen LogP contribution is -2.34. The number of benzene rings is 2. The SMILES string of the molecule is Cc1[nH]nc2c1[C@H](O)[C@@H](n1nnc3ccccc31)[C@H](c1ccccc1)N2. The second kappa shape index (κ2) is 5.67. The van der Waals surface area contributed by atoms with Crippen molar-refractivity contribution in [1.82, 2.24) is 25.2 Å². The van der Waals surface area contributed by atoms with Crippen LogP contribution in [0.5, 0.6) is 0 Å². The number of aromatic nitrogens is 5. The molecule has 3 N–H and O–H groups in total. The molecule has 3 atom stereocenters. The van der Waals surface area contributed by atoms with Crippen LogP contribution in [0.3, 0.4) is 0 Å². The third kappa shape index (κ3) is 2.14. The Morgan fingerprint density at radius 2 is 1.81 bits per heavy atom. The molecule has 130 valence electrons. The van der Waals surface area contributed by atoms with Gasteiger partial charge < -0.3 is 10.4 Å². The molecular weight excluding hydrogens is 328 g/mol. The van der Waals surface area contributed by atoms with Gasteiger partial charge in [0.05, 0.1) is 11.6 Å². The molecule has 1 aliphatic heterocycles. The standard InChI is InChI=1S/C19H18N6O/c1-11-15-18(26)17(25-14-10-6-5-9-13(14)22-24-25)16(20-19(15)23-21-11)12-7-3-2-4-8-12/h2-10,16-18,26H,1H3,(H2,20,21,23)/t16-,17-,18-/m0/s1. The first-order valence-electron chi connectivity index (χ1n) is 8.58. The summed E-state index contributed by atoms with van der Waals surface area (Å²) in [5, 5.41) is 30.7. The molecule has 4 aromatic rings. The number of rotatable bonds is 2. The smallest absolute Gasteiger partial charge is 0.154 e. The van der Waals surface area contributed by atoms with E-state index in [1.807, 2.05) is 66.2 Å². The Balaban J connectivity index is 1.72. The van der Waals surface area contributed by atoms with Crippen molar-refractivity contribution in [3.63, 3.8) is 0 Å². The number of aryl methyl sites for hydroxylation is 1. The van der Waals surface area contributed by atoms with E-state index in [2.05, 4.69) is 25.8 Å². The molecule has 0 saturated heterocycles. The molecule has 0 aliphatic carbocycles. The normalized spacial score (nSPS) is 22.2. The van der Waals surface area contributed by atoms with Gasteiger partial charge >= 0.3 is 0 Å². The molecule has 0 fully saturated rings. The molecule has 26 heavy (non-hydrogen) atoms. The van der Waals surface area contributed by atoms with Gasteiger partial charge in [0.2, 0.25) is 0 Å². The maximum Gasteiger partial charge on any atom is 0.154 e. The van der Waals surface area contributed by atoms with E-state index in [1.54, 1.807) is 0 Å². The third-order valence-electron chi connectivity index (χ3n) is 5.07. The summed E-state index contributed by atoms with van der Waals surface area (Å²) in [6.45, 7) is 1.91. The molecule has 2 aromatic heterocycles. The van der Waals surface area contributed by atoms with Gasteiger partial charge in [-0.25, -0.2) is 4.68 Å². The highest BCUT2D eigenvalue weighted by atomic mass is 16.3. The van der Waals surface area contributed by atoms with Crippen LogP contribution >= 0.6 is 0 Å². The van der Waals surface area contributed by atoms with Gasteiger partial charge in [-0.2, -0.15) is 5.10 Å². The van der Waals surface area contributed by atoms with Gasteiger partial charge in [-0.15, -0.1) is 5.10 Å². The molecule has 3 heterocycles. The summed E-state index contributed by atoms with van der Waals surface area (Å²) in [6, 6.07) is 17.3. The molecule has 0 bridgehead atoms. The molecule has 0 saturated carbocycles. The van der Waals surface area contributed by atoms with Crippen LogP contribution in [0, 0.1) is 6.92 Å². The predicted octanol–water partition coefficient (Wildman–Crippen LogP) is 2.90. The minimum absolute atomic E-state index is 0.188. The van der Waals surface area contributed by atoms with E-state index in [9.17, 15) is 5.11 Å². The lowest BCUT2D eigenvalue weighted by molar-refractivity contribution is 0.0901. The second-order valence-electron chi connectivity index (χ2n) is 6.60. The first-order chi connectivity index (χ1) is 12.7. The Hall–Kier alpha value is -3.19. The molecule has 5 rings (SSSR count). The van der Waals surface area contributed by atoms with E-state index in [0.717, 1.165) is 27.9 Å². The molecular formula is C19H18N6O. The number of nitrogens with zero attached hydrogens (tertiary/aromatic N) is 4. The van der Waals surface area contributed by atoms with Crippen LogP contribution in [0.25, 0.3) is 11.0 Å². The van der Waals surface area contributed by atoms with Crippen molar-refractivity contribution in [3.05, 3.63) is 71.4 Å². The van der Waals surface area contributed by atoms with Crippen LogP contribution in [0.2, 0.25) is 0 Å². The minimum atomic E-state index is -0.764. The van der Waals surface area contributed by atoms with E-state index in [0.29, 0.717) is 5.82 Å². The van der Waals surface area contributed by atoms with E-state index in [4.69, 9.17) is 0 Å². The zero-order valence-corrected chi connectivity index (χ0v) is 14.2. The quantitative estimate of drug-likeness (QED) is 0.519. The molecule has 0 spiro atoms. The lowest BCUT2D eigenvalue weighted by atomic mass is 9.87. The summed E-state index contributed by atoms with van der Waals surface area (Å²) < 4.78 is 1.82. The van der Waals surface area contributed by atoms with Gasteiger partial charge in [0.25, 0.3) is 0 Å². The fraction of sp³-hybridized carbons (Fsp3) is 0.211. The zero-order valence-electron chi connectivity index (χ0n) is 14.2. The topological polar surface area (TPSA) is 91.6 Å². The predicted molar refractivity (Wildman–Crippen MR) is 97.7 cm³/mol. The number of aliphatic hydroxyl groups excluding tert-OH is 1. The molecule has 0 amide bonds. The van der Waals surface area contributed by atoms with E-state index >= 15 is 0 Å². The zero-order chi connectivity index (χ0) is 17.7. The number of H-pyrrole nitrogens is 1. The van der Waals surface area contributed by atoms with Crippen molar-refractivity contribution < 1.29 is 5.11 Å². The Morgan fingerprint density at radius 1 is 1.04 bits per heavy atom. The number of fused-ring (bicyclic) bond motifs is 2. The van der Waals surface area contributed by atoms with Crippen LogP contribution in [-0.4, -0.2) is 30.3 Å². The molecule has 2 aromatic carbocycles. The van der Waals surface area contributed by atoms with Crippen LogP contribution < -0.4 is 5.32 Å². The summed E-state index contributed by atoms with van der Waals surface area (Å²) in [5.74, 6) is 0.685. The summed E-state index contributed by atoms with van der Waals surface area (Å²) in [6.07, 6.45) is -0.764. The highest BCUT2D eigenvalue weighted by Gasteiger charge is 2.41. The Kier molecular flexibility index (Phi) is 3.29. The summed E-state index contributed by atoms with van der Waals surface area (Å²) >= 11 is 0. The number of anilines is 1. The third-order valence-corrected chi connectivity index (χ3v) is 5.07. The van der Waals surface area contributed by atoms with Gasteiger partial charge in [-0.3, -0.25) is 5.10 Å². The van der Waals surface area contributed by atoms with E-state index in [-0.39, 0.29) is 12.1 Å². The van der Waals surface area contributed by atoms with Crippen LogP contribution in [-0.2, 0) is 0 Å². The second-order valence-corrected chi connectivity index (χ2v) is 6.60. The van der Waals surface area contributed by atoms with Gasteiger partial charge in [0, 0.05) is 11.3 Å². The molecule has 7 nitrogen and oxygen atoms in total. The largest absolute Gasteiger partial charge is 0.386 e. The maximum atomic E-state index is 11.3. The molecule has 0 radical (unpaired) electrons. The number of para-hydroxylation sites is 1. The number of nitrogens with one attached hydrogen (secondary N) is 2. The highest BCUT2D eigenvalue weighted by Crippen LogP contribution is 2.46. The van der Waals surface area contributed by atoms with Crippen molar-refractivity contribution in [2.75, 3.05) is 5.32 Å². The first kappa shape index (κ1) is 15.1. The van der Waals surface area contributed by atoms with Crippen LogP contribution in [0.4, 0.5) is 5.82 Å². The monoisotopic (exact) mass is 346 g/mol. The minimum Gasteiger partial charge on any atom is -0.386 e. The van der Waals surface area contributed by atoms with E-state index < -0.39 is 6.10 Å². The summed E-state index contributed by atoms with van der Waals surface area (Å²) in [4.78, 5) is 0. The summed E-state index contributed by atoms with van der Waals surface area (Å²) in [7, 11) is 0. The fourth-order valence-electron chi connectivity index (χ4n) is 3.82. The lowest BCUT2D eigenvalue weighted by Gasteiger charge is -2.36. The molecule has 1 aliphatic rings. The van der Waals surface area contributed by atoms with Gasteiger partial charge in [0.1, 0.15) is 17.7 Å². The average molecular weight is 346 g/mol. The number of aromatic amines is 1. The van der Waals surface area contributed by atoms with Crippen LogP contribution in [0.1, 0.15) is 35.0 Å². The van der Waals surface area contributed by atoms with Crippen LogP contribution in [0.15, 0.2) is 54.6 Å². The summed E-state index contributed by atoms with van der Waals surface area (Å²) in [5.41, 5.74) is 4.38. The maximum absolute atomic E-state index is 11.3. The number of aliphatic hydroxyl groups is 1. The van der Waals surface area contributed by atoms with E-state index in [1.165, 1.54) is 0 Å². The van der Waals surface area contributed by atoms with Crippen molar-refractivity contribution in [1.29, 1.82) is 0 Å². The Morgan fingerprint density at radius 3 is 2.65 bits per heavy atom. The van der Waals surface area contributed by atoms with Crippen molar-refractivity contribution in [2.24, 2.45) is 0 Å². The van der Waals surface area contributed by atoms with Gasteiger partial charge in [-0.1, -0.05) is 47.7 Å².